The molecule has 0 aromatic heterocycles. The second-order valence-corrected chi connectivity index (χ2v) is 6.91. The van der Waals surface area contributed by atoms with Gasteiger partial charge in [-0.3, -0.25) is 0 Å². The van der Waals surface area contributed by atoms with Crippen molar-refractivity contribution in [2.75, 3.05) is 40.0 Å². The Morgan fingerprint density at radius 2 is 1.71 bits per heavy atom. The first-order valence-electron chi connectivity index (χ1n) is 9.65. The Bertz CT molecular complexity index is 750. The standard InChI is InChI=1S/C22H28N2O4/c1-16(23-2)15-24(11-13-27-14-12-25)22(26)28-21-19-9-5-3-7-17(19)18-8-4-6-10-20(18)21/h3-10,16,21,23,25H,11-15H2,1-2H3. The molecule has 1 amide bonds. The van der Waals surface area contributed by atoms with E-state index in [-0.39, 0.29) is 25.3 Å². The van der Waals surface area contributed by atoms with E-state index < -0.39 is 6.10 Å². The van der Waals surface area contributed by atoms with Crippen LogP contribution in [0.3, 0.4) is 0 Å². The van der Waals surface area contributed by atoms with Crippen LogP contribution in [-0.2, 0) is 9.47 Å². The van der Waals surface area contributed by atoms with E-state index in [1.165, 1.54) is 0 Å². The Morgan fingerprint density at radius 1 is 1.11 bits per heavy atom. The van der Waals surface area contributed by atoms with Crippen molar-refractivity contribution in [3.05, 3.63) is 59.7 Å². The van der Waals surface area contributed by atoms with Gasteiger partial charge < -0.3 is 24.8 Å². The summed E-state index contributed by atoms with van der Waals surface area (Å²) in [5, 5.41) is 12.0. The maximum atomic E-state index is 13.0. The minimum absolute atomic E-state index is 0.0347. The Labute approximate surface area is 166 Å². The number of likely N-dealkylation sites (N-methyl/N-ethyl adjacent to an activating group) is 1. The third-order valence-corrected chi connectivity index (χ3v) is 4.98. The van der Waals surface area contributed by atoms with E-state index in [1.54, 1.807) is 4.90 Å². The fourth-order valence-electron chi connectivity index (χ4n) is 3.43. The van der Waals surface area contributed by atoms with Gasteiger partial charge in [0.15, 0.2) is 6.10 Å². The number of carbonyl (C=O) groups is 1. The van der Waals surface area contributed by atoms with E-state index >= 15 is 0 Å². The lowest BCUT2D eigenvalue weighted by atomic mass is 10.1. The van der Waals surface area contributed by atoms with E-state index in [0.717, 1.165) is 22.3 Å². The molecule has 1 aliphatic rings. The number of aliphatic hydroxyl groups is 1. The highest BCUT2D eigenvalue weighted by molar-refractivity contribution is 5.79. The molecule has 28 heavy (non-hydrogen) atoms. The molecule has 0 heterocycles. The van der Waals surface area contributed by atoms with Gasteiger partial charge in [0.2, 0.25) is 0 Å². The van der Waals surface area contributed by atoms with Gasteiger partial charge in [-0.1, -0.05) is 48.5 Å². The molecule has 0 bridgehead atoms. The number of benzene rings is 2. The fourth-order valence-corrected chi connectivity index (χ4v) is 3.43. The summed E-state index contributed by atoms with van der Waals surface area (Å²) in [4.78, 5) is 14.7. The van der Waals surface area contributed by atoms with Gasteiger partial charge in [0.05, 0.1) is 19.8 Å². The number of nitrogens with zero attached hydrogens (tertiary/aromatic N) is 1. The molecule has 0 saturated heterocycles. The Kier molecular flexibility index (Phi) is 7.03. The average molecular weight is 384 g/mol. The van der Waals surface area contributed by atoms with Gasteiger partial charge in [-0.2, -0.15) is 0 Å². The Hall–Kier alpha value is -2.41. The third-order valence-electron chi connectivity index (χ3n) is 4.98. The fraction of sp³-hybridized carbons (Fsp3) is 0.409. The molecule has 0 fully saturated rings. The molecule has 6 nitrogen and oxygen atoms in total. The minimum Gasteiger partial charge on any atom is -0.436 e. The smallest absolute Gasteiger partial charge is 0.410 e. The molecule has 0 aliphatic heterocycles. The van der Waals surface area contributed by atoms with Gasteiger partial charge in [-0.25, -0.2) is 4.79 Å². The van der Waals surface area contributed by atoms with Gasteiger partial charge in [0.25, 0.3) is 0 Å². The zero-order valence-corrected chi connectivity index (χ0v) is 16.4. The lowest BCUT2D eigenvalue weighted by Crippen LogP contribution is -2.43. The molecular formula is C22H28N2O4. The molecule has 0 spiro atoms. The van der Waals surface area contributed by atoms with Crippen LogP contribution in [0, 0.1) is 0 Å². The summed E-state index contributed by atoms with van der Waals surface area (Å²) >= 11 is 0. The van der Waals surface area contributed by atoms with Crippen LogP contribution in [0.2, 0.25) is 0 Å². The second kappa shape index (κ2) is 9.68. The summed E-state index contributed by atoms with van der Waals surface area (Å²) < 4.78 is 11.3. The number of hydrogen-bond acceptors (Lipinski definition) is 5. The summed E-state index contributed by atoms with van der Waals surface area (Å²) in [6, 6.07) is 16.2. The van der Waals surface area contributed by atoms with Crippen LogP contribution in [0.5, 0.6) is 0 Å². The quantitative estimate of drug-likeness (QED) is 0.651. The van der Waals surface area contributed by atoms with Crippen molar-refractivity contribution in [1.29, 1.82) is 0 Å². The zero-order valence-electron chi connectivity index (χ0n) is 16.4. The predicted molar refractivity (Wildman–Crippen MR) is 108 cm³/mol. The Balaban J connectivity index is 1.76. The largest absolute Gasteiger partial charge is 0.436 e. The van der Waals surface area contributed by atoms with Gasteiger partial charge in [0, 0.05) is 30.3 Å². The SMILES string of the molecule is CNC(C)CN(CCOCCO)C(=O)OC1c2ccccc2-c2ccccc21. The third kappa shape index (κ3) is 4.52. The first kappa shape index (κ1) is 20.3. The lowest BCUT2D eigenvalue weighted by Gasteiger charge is -2.27. The van der Waals surface area contributed by atoms with Crippen LogP contribution in [0.1, 0.15) is 24.2 Å². The lowest BCUT2D eigenvalue weighted by molar-refractivity contribution is 0.0492. The number of amides is 1. The van der Waals surface area contributed by atoms with Gasteiger partial charge in [-0.15, -0.1) is 0 Å². The van der Waals surface area contributed by atoms with E-state index in [1.807, 2.05) is 50.4 Å². The molecule has 0 radical (unpaired) electrons. The van der Waals surface area contributed by atoms with E-state index in [9.17, 15) is 4.79 Å². The number of rotatable bonds is 9. The van der Waals surface area contributed by atoms with Crippen molar-refractivity contribution in [1.82, 2.24) is 10.2 Å². The van der Waals surface area contributed by atoms with Crippen molar-refractivity contribution in [2.45, 2.75) is 19.1 Å². The average Bonchev–Trinajstić information content (AvgIpc) is 3.04. The van der Waals surface area contributed by atoms with Crippen molar-refractivity contribution in [2.24, 2.45) is 0 Å². The maximum Gasteiger partial charge on any atom is 0.410 e. The molecule has 1 unspecified atom stereocenters. The van der Waals surface area contributed by atoms with Crippen molar-refractivity contribution < 1.29 is 19.4 Å². The first-order valence-corrected chi connectivity index (χ1v) is 9.65. The Morgan fingerprint density at radius 3 is 2.29 bits per heavy atom. The zero-order chi connectivity index (χ0) is 19.9. The number of fused-ring (bicyclic) bond motifs is 3. The summed E-state index contributed by atoms with van der Waals surface area (Å²) in [5.74, 6) is 0. The molecule has 2 aromatic carbocycles. The topological polar surface area (TPSA) is 71.0 Å². The summed E-state index contributed by atoms with van der Waals surface area (Å²) in [6.45, 7) is 3.49. The number of nitrogens with one attached hydrogen (secondary N) is 1. The monoisotopic (exact) mass is 384 g/mol. The van der Waals surface area contributed by atoms with Gasteiger partial charge in [0.1, 0.15) is 0 Å². The van der Waals surface area contributed by atoms with Crippen molar-refractivity contribution >= 4 is 6.09 Å². The summed E-state index contributed by atoms with van der Waals surface area (Å²) in [6.07, 6.45) is -0.781. The molecule has 0 saturated carbocycles. The van der Waals surface area contributed by atoms with Crippen molar-refractivity contribution in [3.63, 3.8) is 0 Å². The molecule has 6 heteroatoms. The maximum absolute atomic E-state index is 13.0. The van der Waals surface area contributed by atoms with Crippen molar-refractivity contribution in [3.8, 4) is 11.1 Å². The van der Waals surface area contributed by atoms with Gasteiger partial charge in [-0.05, 0) is 25.1 Å². The highest BCUT2D eigenvalue weighted by Gasteiger charge is 2.32. The molecule has 1 aliphatic carbocycles. The number of carbonyl (C=O) groups excluding carboxylic acids is 1. The van der Waals surface area contributed by atoms with Crippen LogP contribution in [0.25, 0.3) is 11.1 Å². The number of hydrogen-bond donors (Lipinski definition) is 2. The van der Waals surface area contributed by atoms with Crippen LogP contribution < -0.4 is 5.32 Å². The normalized spacial score (nSPS) is 13.7. The highest BCUT2D eigenvalue weighted by Crippen LogP contribution is 2.45. The van der Waals surface area contributed by atoms with E-state index in [0.29, 0.717) is 19.7 Å². The predicted octanol–water partition coefficient (Wildman–Crippen LogP) is 2.81. The molecule has 2 aromatic rings. The molecule has 1 atom stereocenters. The van der Waals surface area contributed by atoms with Gasteiger partial charge >= 0.3 is 6.09 Å². The van der Waals surface area contributed by atoms with E-state index in [2.05, 4.69) is 17.4 Å². The molecule has 3 rings (SSSR count). The highest BCUT2D eigenvalue weighted by atomic mass is 16.6. The first-order chi connectivity index (χ1) is 13.7. The van der Waals surface area contributed by atoms with Crippen LogP contribution in [0.15, 0.2) is 48.5 Å². The number of aliphatic hydroxyl groups excluding tert-OH is 1. The number of ether oxygens (including phenoxy) is 2. The second-order valence-electron chi connectivity index (χ2n) is 6.91. The summed E-state index contributed by atoms with van der Waals surface area (Å²) in [5.41, 5.74) is 4.24. The molecule has 2 N–H and O–H groups in total. The van der Waals surface area contributed by atoms with Crippen LogP contribution in [-0.4, -0.2) is 62.1 Å². The van der Waals surface area contributed by atoms with Crippen LogP contribution in [0.4, 0.5) is 4.79 Å². The molecule has 150 valence electrons. The summed E-state index contributed by atoms with van der Waals surface area (Å²) in [7, 11) is 1.86. The minimum atomic E-state index is -0.411. The molecular weight excluding hydrogens is 356 g/mol. The van der Waals surface area contributed by atoms with Crippen LogP contribution >= 0.6 is 0 Å². The van der Waals surface area contributed by atoms with E-state index in [4.69, 9.17) is 14.6 Å².